The molecule has 0 aliphatic rings. The molecule has 0 spiro atoms. The van der Waals surface area contributed by atoms with Gasteiger partial charge in [-0.1, -0.05) is 0 Å². The van der Waals surface area contributed by atoms with Crippen LogP contribution in [0.3, 0.4) is 0 Å². The molecule has 14 heteroatoms. The van der Waals surface area contributed by atoms with Crippen LogP contribution in [0.4, 0.5) is 15.9 Å². The fourth-order valence-corrected chi connectivity index (χ4v) is 2.89. The molecule has 0 radical (unpaired) electrons. The average Bonchev–Trinajstić information content (AvgIpc) is 3.08. The predicted molar refractivity (Wildman–Crippen MR) is 99.1 cm³/mol. The molecule has 27 heavy (non-hydrogen) atoms. The van der Waals surface area contributed by atoms with Gasteiger partial charge in [-0.3, -0.25) is 10.7 Å². The van der Waals surface area contributed by atoms with Crippen molar-refractivity contribution in [2.45, 2.75) is 6.92 Å². The van der Waals surface area contributed by atoms with Crippen molar-refractivity contribution < 1.29 is 22.6 Å². The van der Waals surface area contributed by atoms with Crippen LogP contribution in [-0.4, -0.2) is 49.1 Å². The summed E-state index contributed by atoms with van der Waals surface area (Å²) in [5.41, 5.74) is 2.22. The van der Waals surface area contributed by atoms with Gasteiger partial charge >= 0.3 is 10.2 Å². The maximum atomic E-state index is 13.3. The van der Waals surface area contributed by atoms with Gasteiger partial charge in [0.1, 0.15) is 5.82 Å². The summed E-state index contributed by atoms with van der Waals surface area (Å²) in [5.74, 6) is -0.476. The Balaban J connectivity index is 2.09. The van der Waals surface area contributed by atoms with Crippen LogP contribution in [0.1, 0.15) is 12.6 Å². The number of rotatable bonds is 8. The Kier molecular flexibility index (Phi) is 7.35. The number of hydroxylamine groups is 1. The molecule has 0 amide bonds. The highest BCUT2D eigenvalue weighted by Crippen LogP contribution is 2.23. The minimum Gasteiger partial charge on any atom is -0.364 e. The van der Waals surface area contributed by atoms with Gasteiger partial charge in [-0.25, -0.2) is 14.0 Å². The number of amidine groups is 1. The van der Waals surface area contributed by atoms with E-state index in [2.05, 4.69) is 50.3 Å². The smallest absolute Gasteiger partial charge is 0.319 e. The van der Waals surface area contributed by atoms with Crippen molar-refractivity contribution in [3.63, 3.8) is 0 Å². The highest BCUT2D eigenvalue weighted by molar-refractivity contribution is 9.10. The summed E-state index contributed by atoms with van der Waals surface area (Å²) >= 11 is 3.04. The molecule has 0 saturated carbocycles. The zero-order valence-electron chi connectivity index (χ0n) is 13.8. The van der Waals surface area contributed by atoms with Gasteiger partial charge in [0.25, 0.3) is 0 Å². The molecule has 0 aliphatic carbocycles. The van der Waals surface area contributed by atoms with Gasteiger partial charge in [0.05, 0.1) is 10.2 Å². The number of aliphatic imine (C=N–C) groups is 1. The largest absolute Gasteiger partial charge is 0.364 e. The van der Waals surface area contributed by atoms with Gasteiger partial charge < -0.3 is 5.32 Å². The molecule has 0 saturated heterocycles. The van der Waals surface area contributed by atoms with E-state index in [1.807, 2.05) is 5.48 Å². The van der Waals surface area contributed by atoms with Crippen molar-refractivity contribution >= 4 is 49.7 Å². The third-order valence-electron chi connectivity index (χ3n) is 2.91. The molecule has 2 aromatic rings. The second-order valence-electron chi connectivity index (χ2n) is 4.79. The van der Waals surface area contributed by atoms with Crippen molar-refractivity contribution in [3.05, 3.63) is 34.2 Å². The monoisotopic (exact) mass is 463 g/mol. The number of nitrogens with zero attached hydrogens (tertiary/aromatic N) is 4. The summed E-state index contributed by atoms with van der Waals surface area (Å²) in [5, 5.41) is 19.4. The summed E-state index contributed by atoms with van der Waals surface area (Å²) in [4.78, 5) is 4.10. The first kappa shape index (κ1) is 20.9. The Morgan fingerprint density at radius 1 is 1.41 bits per heavy atom. The van der Waals surface area contributed by atoms with E-state index in [1.54, 1.807) is 0 Å². The first-order valence-electron chi connectivity index (χ1n) is 7.36. The van der Waals surface area contributed by atoms with Gasteiger partial charge in [-0.15, -0.1) is 0 Å². The Morgan fingerprint density at radius 3 is 2.85 bits per heavy atom. The van der Waals surface area contributed by atoms with Gasteiger partial charge in [-0.2, -0.15) is 17.5 Å². The molecular formula is C13H15BrFN7O4S. The molecule has 0 atom stereocenters. The number of benzene rings is 1. The van der Waals surface area contributed by atoms with Crippen LogP contribution < -0.4 is 15.5 Å². The molecule has 0 bridgehead atoms. The summed E-state index contributed by atoms with van der Waals surface area (Å²) in [6.07, 6.45) is 1.15. The van der Waals surface area contributed by atoms with E-state index in [9.17, 15) is 18.0 Å². The van der Waals surface area contributed by atoms with E-state index >= 15 is 0 Å². The Morgan fingerprint density at radius 2 is 2.19 bits per heavy atom. The molecule has 4 N–H and O–H groups in total. The molecule has 146 valence electrons. The molecule has 11 nitrogen and oxygen atoms in total. The lowest BCUT2D eigenvalue weighted by atomic mass is 10.3. The van der Waals surface area contributed by atoms with E-state index in [1.165, 1.54) is 25.1 Å². The van der Waals surface area contributed by atoms with E-state index in [0.717, 1.165) is 6.21 Å². The zero-order chi connectivity index (χ0) is 19.9. The first-order valence-corrected chi connectivity index (χ1v) is 9.59. The van der Waals surface area contributed by atoms with Gasteiger partial charge in [0.2, 0.25) is 5.82 Å². The van der Waals surface area contributed by atoms with Crippen LogP contribution in [-0.2, 0) is 10.2 Å². The predicted octanol–water partition coefficient (Wildman–Crippen LogP) is 1.37. The molecule has 1 aromatic carbocycles. The molecular weight excluding hydrogens is 449 g/mol. The maximum Gasteiger partial charge on any atom is 0.319 e. The molecule has 1 aromatic heterocycles. The third-order valence-corrected chi connectivity index (χ3v) is 4.57. The summed E-state index contributed by atoms with van der Waals surface area (Å²) in [6, 6.07) is 3.99. The van der Waals surface area contributed by atoms with Crippen molar-refractivity contribution in [2.75, 3.05) is 18.4 Å². The summed E-state index contributed by atoms with van der Waals surface area (Å²) in [7, 11) is -3.74. The zero-order valence-corrected chi connectivity index (χ0v) is 16.3. The lowest BCUT2D eigenvalue weighted by Crippen LogP contribution is -2.28. The number of aromatic nitrogens is 2. The standard InChI is InChI=1S/C13H15BrFN7O4S/c1-2-17-27(24,25)18-6-5-16-12-11(21-26-22-12)13(20-23)19-8-3-4-10(15)9(14)7-8/h2-4,7,18,23H,5-6H2,1H3,(H,16,22)(H,19,20). The third kappa shape index (κ3) is 6.06. The van der Waals surface area contributed by atoms with E-state index < -0.39 is 16.0 Å². The number of nitrogens with one attached hydrogen (secondary N) is 3. The lowest BCUT2D eigenvalue weighted by molar-refractivity contribution is 0.234. The van der Waals surface area contributed by atoms with E-state index in [-0.39, 0.29) is 34.9 Å². The Labute approximate surface area is 162 Å². The topological polar surface area (TPSA) is 154 Å². The van der Waals surface area contributed by atoms with Gasteiger partial charge in [-0.05, 0) is 51.4 Å². The van der Waals surface area contributed by atoms with Crippen molar-refractivity contribution in [1.82, 2.24) is 20.5 Å². The molecule has 0 unspecified atom stereocenters. The highest BCUT2D eigenvalue weighted by Gasteiger charge is 2.17. The Bertz CT molecular complexity index is 948. The fourth-order valence-electron chi connectivity index (χ4n) is 1.81. The first-order chi connectivity index (χ1) is 12.9. The van der Waals surface area contributed by atoms with E-state index in [0.29, 0.717) is 5.69 Å². The average molecular weight is 464 g/mol. The highest BCUT2D eigenvalue weighted by atomic mass is 79.9. The van der Waals surface area contributed by atoms with Crippen molar-refractivity contribution in [2.24, 2.45) is 9.39 Å². The second-order valence-corrected chi connectivity index (χ2v) is 7.10. The van der Waals surface area contributed by atoms with Crippen LogP contribution >= 0.6 is 15.9 Å². The van der Waals surface area contributed by atoms with Crippen LogP contribution in [0, 0.1) is 5.82 Å². The maximum absolute atomic E-state index is 13.3. The quantitative estimate of drug-likeness (QED) is 0.198. The number of halogens is 2. The summed E-state index contributed by atoms with van der Waals surface area (Å²) < 4.78 is 46.4. The van der Waals surface area contributed by atoms with Gasteiger partial charge in [0, 0.05) is 19.3 Å². The van der Waals surface area contributed by atoms with E-state index in [4.69, 9.17) is 0 Å². The normalized spacial score (nSPS) is 12.5. The van der Waals surface area contributed by atoms with Crippen molar-refractivity contribution in [3.8, 4) is 0 Å². The van der Waals surface area contributed by atoms with Crippen LogP contribution in [0.5, 0.6) is 0 Å². The molecule has 1 heterocycles. The minimum absolute atomic E-state index is 0.00983. The van der Waals surface area contributed by atoms with Gasteiger partial charge in [0.15, 0.2) is 11.5 Å². The second kappa shape index (κ2) is 9.50. The molecule has 0 aliphatic heterocycles. The van der Waals surface area contributed by atoms with Crippen LogP contribution in [0.25, 0.3) is 0 Å². The molecule has 0 fully saturated rings. The SMILES string of the molecule is CC=NS(=O)(=O)NCCNc1nonc1C(=Nc1ccc(F)c(Br)c1)NO. The van der Waals surface area contributed by atoms with Crippen LogP contribution in [0.15, 0.2) is 36.7 Å². The summed E-state index contributed by atoms with van der Waals surface area (Å²) in [6.45, 7) is 1.61. The van der Waals surface area contributed by atoms with Crippen LogP contribution in [0.2, 0.25) is 0 Å². The minimum atomic E-state index is -3.74. The number of hydrogen-bond donors (Lipinski definition) is 4. The number of anilines is 1. The fraction of sp³-hybridized carbons (Fsp3) is 0.231. The molecule has 2 rings (SSSR count). The number of hydrogen-bond acceptors (Lipinski definition) is 8. The Hall–Kier alpha value is -2.42. The lowest BCUT2D eigenvalue weighted by Gasteiger charge is -2.06. The van der Waals surface area contributed by atoms with Crippen molar-refractivity contribution in [1.29, 1.82) is 0 Å².